The van der Waals surface area contributed by atoms with Gasteiger partial charge in [0.05, 0.1) is 11.7 Å². The molecule has 18 heavy (non-hydrogen) atoms. The van der Waals surface area contributed by atoms with Gasteiger partial charge in [-0.15, -0.1) is 0 Å². The van der Waals surface area contributed by atoms with Gasteiger partial charge in [-0.05, 0) is 30.7 Å². The molecule has 1 atom stereocenters. The Balaban J connectivity index is 2.25. The van der Waals surface area contributed by atoms with Crippen molar-refractivity contribution in [3.63, 3.8) is 0 Å². The molecule has 3 nitrogen and oxygen atoms in total. The van der Waals surface area contributed by atoms with Gasteiger partial charge in [0.1, 0.15) is 17.4 Å². The third-order valence-electron chi connectivity index (χ3n) is 2.68. The lowest BCUT2D eigenvalue weighted by molar-refractivity contribution is 0.624. The highest BCUT2D eigenvalue weighted by Crippen LogP contribution is 2.23. The van der Waals surface area contributed by atoms with Crippen molar-refractivity contribution in [3.05, 3.63) is 59.7 Å². The minimum atomic E-state index is -0.513. The Bertz CT molecular complexity index is 575. The Morgan fingerprint density at radius 1 is 1.33 bits per heavy atom. The quantitative estimate of drug-likeness (QED) is 0.897. The molecule has 0 spiro atoms. The first-order valence-electron chi connectivity index (χ1n) is 5.57. The Labute approximate surface area is 105 Å². The molecule has 1 N–H and O–H groups in total. The zero-order chi connectivity index (χ0) is 13.0. The van der Waals surface area contributed by atoms with Gasteiger partial charge in [-0.2, -0.15) is 5.26 Å². The number of nitriles is 1. The van der Waals surface area contributed by atoms with E-state index in [1.807, 2.05) is 25.1 Å². The highest BCUT2D eigenvalue weighted by molar-refractivity contribution is 5.58. The Morgan fingerprint density at radius 2 is 2.17 bits per heavy atom. The summed E-state index contributed by atoms with van der Waals surface area (Å²) >= 11 is 0. The zero-order valence-corrected chi connectivity index (χ0v) is 9.89. The highest BCUT2D eigenvalue weighted by Gasteiger charge is 2.11. The second kappa shape index (κ2) is 5.28. The van der Waals surface area contributed by atoms with Crippen LogP contribution in [0.5, 0.6) is 0 Å². The number of hydrogen-bond acceptors (Lipinski definition) is 3. The molecule has 90 valence electrons. The Morgan fingerprint density at radius 3 is 2.83 bits per heavy atom. The molecule has 4 heteroatoms. The van der Waals surface area contributed by atoms with Crippen LogP contribution >= 0.6 is 0 Å². The number of anilines is 1. The topological polar surface area (TPSA) is 48.7 Å². The van der Waals surface area contributed by atoms with Crippen LogP contribution in [0.2, 0.25) is 0 Å². The highest BCUT2D eigenvalue weighted by atomic mass is 19.1. The number of nitrogens with one attached hydrogen (secondary N) is 1. The van der Waals surface area contributed by atoms with Gasteiger partial charge in [0.2, 0.25) is 0 Å². The molecule has 0 saturated heterocycles. The fraction of sp³-hybridized carbons (Fsp3) is 0.143. The van der Waals surface area contributed by atoms with E-state index in [-0.39, 0.29) is 11.6 Å². The smallest absolute Gasteiger partial charge is 0.143 e. The molecule has 0 fully saturated rings. The Kier molecular flexibility index (Phi) is 3.54. The first-order chi connectivity index (χ1) is 8.72. The van der Waals surface area contributed by atoms with Gasteiger partial charge >= 0.3 is 0 Å². The number of benzene rings is 1. The van der Waals surface area contributed by atoms with E-state index in [1.54, 1.807) is 24.5 Å². The average molecular weight is 241 g/mol. The first kappa shape index (κ1) is 12.1. The fourth-order valence-corrected chi connectivity index (χ4v) is 1.71. The fourth-order valence-electron chi connectivity index (χ4n) is 1.71. The normalized spacial score (nSPS) is 11.6. The zero-order valence-electron chi connectivity index (χ0n) is 9.89. The second-order valence-corrected chi connectivity index (χ2v) is 3.93. The number of nitrogens with zero attached hydrogens (tertiary/aromatic N) is 2. The maximum atomic E-state index is 13.4. The van der Waals surface area contributed by atoms with E-state index in [2.05, 4.69) is 10.3 Å². The standard InChI is InChI=1S/C14H12FN3/c1-10(11-4-3-7-17-9-11)18-14-6-2-5-13(15)12(14)8-16/h2-7,9-10,18H,1H3. The van der Waals surface area contributed by atoms with Crippen molar-refractivity contribution in [2.75, 3.05) is 5.32 Å². The van der Waals surface area contributed by atoms with Crippen LogP contribution in [0.4, 0.5) is 10.1 Å². The van der Waals surface area contributed by atoms with E-state index < -0.39 is 5.82 Å². The van der Waals surface area contributed by atoms with Crippen molar-refractivity contribution in [2.24, 2.45) is 0 Å². The van der Waals surface area contributed by atoms with Crippen molar-refractivity contribution in [3.8, 4) is 6.07 Å². The van der Waals surface area contributed by atoms with Crippen LogP contribution in [0.15, 0.2) is 42.7 Å². The largest absolute Gasteiger partial charge is 0.377 e. The van der Waals surface area contributed by atoms with E-state index >= 15 is 0 Å². The third kappa shape index (κ3) is 2.46. The van der Waals surface area contributed by atoms with Crippen LogP contribution in [0.1, 0.15) is 24.1 Å². The van der Waals surface area contributed by atoms with Crippen molar-refractivity contribution in [2.45, 2.75) is 13.0 Å². The molecule has 2 aromatic rings. The van der Waals surface area contributed by atoms with Crippen LogP contribution < -0.4 is 5.32 Å². The number of pyridine rings is 1. The van der Waals surface area contributed by atoms with Gasteiger partial charge in [-0.1, -0.05) is 12.1 Å². The van der Waals surface area contributed by atoms with Gasteiger partial charge in [0, 0.05) is 12.4 Å². The second-order valence-electron chi connectivity index (χ2n) is 3.93. The molecular weight excluding hydrogens is 229 g/mol. The minimum Gasteiger partial charge on any atom is -0.377 e. The van der Waals surface area contributed by atoms with Crippen LogP contribution in [0, 0.1) is 17.1 Å². The van der Waals surface area contributed by atoms with Gasteiger partial charge in [-0.25, -0.2) is 4.39 Å². The summed E-state index contributed by atoms with van der Waals surface area (Å²) < 4.78 is 13.4. The summed E-state index contributed by atoms with van der Waals surface area (Å²) in [6.45, 7) is 1.93. The molecule has 0 aliphatic rings. The first-order valence-corrected chi connectivity index (χ1v) is 5.57. The molecule has 1 unspecified atom stereocenters. The summed E-state index contributed by atoms with van der Waals surface area (Å²) in [6, 6.07) is 10.1. The third-order valence-corrected chi connectivity index (χ3v) is 2.68. The van der Waals surface area contributed by atoms with E-state index in [0.717, 1.165) is 5.56 Å². The molecule has 0 aliphatic carbocycles. The number of halogens is 1. The van der Waals surface area contributed by atoms with Crippen LogP contribution in [0.25, 0.3) is 0 Å². The SMILES string of the molecule is CC(Nc1cccc(F)c1C#N)c1cccnc1. The Hall–Kier alpha value is -2.41. The lowest BCUT2D eigenvalue weighted by atomic mass is 10.1. The van der Waals surface area contributed by atoms with Gasteiger partial charge in [-0.3, -0.25) is 4.98 Å². The lowest BCUT2D eigenvalue weighted by Crippen LogP contribution is -2.08. The van der Waals surface area contributed by atoms with Gasteiger partial charge < -0.3 is 5.32 Å². The molecule has 1 aromatic carbocycles. The molecule has 1 aromatic heterocycles. The number of hydrogen-bond donors (Lipinski definition) is 1. The van der Waals surface area contributed by atoms with Crippen molar-refractivity contribution in [1.29, 1.82) is 5.26 Å². The molecule has 2 rings (SSSR count). The van der Waals surface area contributed by atoms with E-state index in [9.17, 15) is 4.39 Å². The monoisotopic (exact) mass is 241 g/mol. The maximum Gasteiger partial charge on any atom is 0.143 e. The summed E-state index contributed by atoms with van der Waals surface area (Å²) in [5, 5.41) is 12.1. The van der Waals surface area contributed by atoms with E-state index in [1.165, 1.54) is 6.07 Å². The number of aromatic nitrogens is 1. The van der Waals surface area contributed by atoms with Gasteiger partial charge in [0.25, 0.3) is 0 Å². The molecular formula is C14H12FN3. The van der Waals surface area contributed by atoms with Crippen molar-refractivity contribution < 1.29 is 4.39 Å². The molecule has 0 aliphatic heterocycles. The lowest BCUT2D eigenvalue weighted by Gasteiger charge is -2.16. The molecule has 0 saturated carbocycles. The minimum absolute atomic E-state index is 0.0354. The summed E-state index contributed by atoms with van der Waals surface area (Å²) in [5.41, 5.74) is 1.51. The molecule has 0 bridgehead atoms. The summed E-state index contributed by atoms with van der Waals surface area (Å²) in [5.74, 6) is -0.513. The predicted molar refractivity (Wildman–Crippen MR) is 67.4 cm³/mol. The maximum absolute atomic E-state index is 13.4. The summed E-state index contributed by atoms with van der Waals surface area (Å²) in [7, 11) is 0. The summed E-state index contributed by atoms with van der Waals surface area (Å²) in [6.07, 6.45) is 3.43. The van der Waals surface area contributed by atoms with E-state index in [4.69, 9.17) is 5.26 Å². The average Bonchev–Trinajstić information content (AvgIpc) is 2.40. The van der Waals surface area contributed by atoms with Crippen LogP contribution in [-0.2, 0) is 0 Å². The summed E-state index contributed by atoms with van der Waals surface area (Å²) in [4.78, 5) is 4.03. The van der Waals surface area contributed by atoms with Crippen LogP contribution in [-0.4, -0.2) is 4.98 Å². The predicted octanol–water partition coefficient (Wildman–Crippen LogP) is 3.27. The van der Waals surface area contributed by atoms with Gasteiger partial charge in [0.15, 0.2) is 0 Å². The van der Waals surface area contributed by atoms with Crippen molar-refractivity contribution in [1.82, 2.24) is 4.98 Å². The van der Waals surface area contributed by atoms with Crippen molar-refractivity contribution >= 4 is 5.69 Å². The van der Waals surface area contributed by atoms with Crippen LogP contribution in [0.3, 0.4) is 0 Å². The van der Waals surface area contributed by atoms with E-state index in [0.29, 0.717) is 5.69 Å². The molecule has 0 radical (unpaired) electrons. The molecule has 1 heterocycles. The molecule has 0 amide bonds. The number of rotatable bonds is 3.